The lowest BCUT2D eigenvalue weighted by molar-refractivity contribution is -0.139. The number of aryl methyl sites for hydroxylation is 1. The van der Waals surface area contributed by atoms with Crippen molar-refractivity contribution in [3.05, 3.63) is 108 Å². The van der Waals surface area contributed by atoms with Crippen molar-refractivity contribution in [3.63, 3.8) is 0 Å². The molecular weight excluding hydrogens is 604 g/mol. The molecular formula is C35H38N4O6S. The molecule has 1 atom stereocenters. The standard InChI is InChI=1S/C35H38N4O6S/c1-25-12-14-29(38-46(43,44)30-15-13-27-10-5-6-11-28(27)23-30)24-31(25)34(41)37-32(22-26-8-3-2-4-9-26)33(40)35(42)36-16-7-17-39-18-20-45-21-19-39/h2-6,8-15,23-24,32,38H,7,16-22H2,1H3,(H,36,42)(H,37,41)/t32-/m0/s1. The SMILES string of the molecule is Cc1ccc(NS(=O)(=O)c2ccc3ccccc3c2)cc1C(=O)N[C@@H](Cc1ccccc1)C(=O)C(=O)NCCCN1CCOCC1. The number of carbonyl (C=O) groups excluding carboxylic acids is 3. The molecule has 3 N–H and O–H groups in total. The second-order valence-electron chi connectivity index (χ2n) is 11.3. The number of hydrogen-bond acceptors (Lipinski definition) is 7. The van der Waals surface area contributed by atoms with E-state index >= 15 is 0 Å². The van der Waals surface area contributed by atoms with Gasteiger partial charge in [0.1, 0.15) is 6.04 Å². The zero-order valence-corrected chi connectivity index (χ0v) is 26.5. The van der Waals surface area contributed by atoms with Crippen molar-refractivity contribution in [2.24, 2.45) is 0 Å². The molecule has 1 heterocycles. The number of rotatable bonds is 13. The fraction of sp³-hybridized carbons (Fsp3) is 0.286. The maximum atomic E-state index is 13.6. The summed E-state index contributed by atoms with van der Waals surface area (Å²) in [5.41, 5.74) is 1.71. The van der Waals surface area contributed by atoms with Gasteiger partial charge in [0.2, 0.25) is 5.78 Å². The molecule has 4 aromatic rings. The average Bonchev–Trinajstić information content (AvgIpc) is 3.07. The third-order valence-corrected chi connectivity index (χ3v) is 9.31. The van der Waals surface area contributed by atoms with E-state index in [1.807, 2.05) is 54.6 Å². The van der Waals surface area contributed by atoms with Gasteiger partial charge in [0.05, 0.1) is 18.1 Å². The molecule has 4 aromatic carbocycles. The van der Waals surface area contributed by atoms with Crippen LogP contribution in [-0.2, 0) is 30.8 Å². The normalized spacial score (nSPS) is 14.4. The first kappa shape index (κ1) is 32.8. The van der Waals surface area contributed by atoms with Gasteiger partial charge < -0.3 is 15.4 Å². The topological polar surface area (TPSA) is 134 Å². The molecule has 11 heteroatoms. The number of nitrogens with one attached hydrogen (secondary N) is 3. The molecule has 0 saturated carbocycles. The van der Waals surface area contributed by atoms with Gasteiger partial charge in [0.15, 0.2) is 0 Å². The first-order chi connectivity index (χ1) is 22.2. The Hall–Kier alpha value is -4.58. The van der Waals surface area contributed by atoms with Gasteiger partial charge in [-0.2, -0.15) is 0 Å². The van der Waals surface area contributed by atoms with Crippen LogP contribution in [0.25, 0.3) is 10.8 Å². The molecule has 1 saturated heterocycles. The number of carbonyl (C=O) groups is 3. The van der Waals surface area contributed by atoms with Crippen LogP contribution in [0.2, 0.25) is 0 Å². The number of benzene rings is 4. The molecule has 2 amide bonds. The summed E-state index contributed by atoms with van der Waals surface area (Å²) in [7, 11) is -3.96. The van der Waals surface area contributed by atoms with Crippen LogP contribution in [0.3, 0.4) is 0 Å². The molecule has 0 unspecified atom stereocenters. The predicted molar refractivity (Wildman–Crippen MR) is 177 cm³/mol. The highest BCUT2D eigenvalue weighted by molar-refractivity contribution is 7.92. The van der Waals surface area contributed by atoms with Gasteiger partial charge in [-0.3, -0.25) is 24.0 Å². The molecule has 0 radical (unpaired) electrons. The lowest BCUT2D eigenvalue weighted by atomic mass is 10.0. The maximum absolute atomic E-state index is 13.6. The number of ether oxygens (including phenoxy) is 1. The first-order valence-corrected chi connectivity index (χ1v) is 16.8. The third-order valence-electron chi connectivity index (χ3n) is 7.93. The summed E-state index contributed by atoms with van der Waals surface area (Å²) in [6.45, 7) is 5.86. The molecule has 240 valence electrons. The summed E-state index contributed by atoms with van der Waals surface area (Å²) in [5, 5.41) is 7.13. The number of morpholine rings is 1. The number of nitrogens with zero attached hydrogens (tertiary/aromatic N) is 1. The van der Waals surface area contributed by atoms with Crippen molar-refractivity contribution in [3.8, 4) is 0 Å². The summed E-state index contributed by atoms with van der Waals surface area (Å²) >= 11 is 0. The molecule has 46 heavy (non-hydrogen) atoms. The number of ketones is 1. The van der Waals surface area contributed by atoms with Crippen LogP contribution in [0.15, 0.2) is 95.9 Å². The van der Waals surface area contributed by atoms with E-state index < -0.39 is 33.7 Å². The Labute approximate surface area is 269 Å². The van der Waals surface area contributed by atoms with Gasteiger partial charge in [-0.15, -0.1) is 0 Å². The zero-order chi connectivity index (χ0) is 32.5. The van der Waals surface area contributed by atoms with Crippen LogP contribution in [-0.4, -0.2) is 76.3 Å². The van der Waals surface area contributed by atoms with Crippen LogP contribution in [0.4, 0.5) is 5.69 Å². The highest BCUT2D eigenvalue weighted by Crippen LogP contribution is 2.23. The van der Waals surface area contributed by atoms with Crippen molar-refractivity contribution in [2.45, 2.75) is 30.7 Å². The molecule has 0 spiro atoms. The van der Waals surface area contributed by atoms with Gasteiger partial charge in [-0.1, -0.05) is 66.7 Å². The van der Waals surface area contributed by atoms with E-state index in [9.17, 15) is 22.8 Å². The third kappa shape index (κ3) is 8.57. The Morgan fingerprint density at radius 3 is 2.35 bits per heavy atom. The quantitative estimate of drug-likeness (QED) is 0.150. The molecule has 0 aromatic heterocycles. The molecule has 1 aliphatic rings. The second kappa shape index (κ2) is 15.1. The van der Waals surface area contributed by atoms with Crippen molar-refractivity contribution >= 4 is 44.1 Å². The monoisotopic (exact) mass is 642 g/mol. The van der Waals surface area contributed by atoms with Crippen LogP contribution >= 0.6 is 0 Å². The summed E-state index contributed by atoms with van der Waals surface area (Å²) in [4.78, 5) is 42.2. The van der Waals surface area contributed by atoms with Crippen LogP contribution in [0, 0.1) is 6.92 Å². The van der Waals surface area contributed by atoms with E-state index in [0.29, 0.717) is 31.7 Å². The number of fused-ring (bicyclic) bond motifs is 1. The minimum absolute atomic E-state index is 0.0854. The Kier molecular flexibility index (Phi) is 10.8. The lowest BCUT2D eigenvalue weighted by Crippen LogP contribution is -2.49. The van der Waals surface area contributed by atoms with Gasteiger partial charge in [0, 0.05) is 37.3 Å². The number of anilines is 1. The van der Waals surface area contributed by atoms with E-state index in [-0.39, 0.29) is 22.6 Å². The molecule has 0 aliphatic carbocycles. The maximum Gasteiger partial charge on any atom is 0.289 e. The summed E-state index contributed by atoms with van der Waals surface area (Å²) in [5.74, 6) is -2.12. The van der Waals surface area contributed by atoms with Crippen molar-refractivity contribution < 1.29 is 27.5 Å². The van der Waals surface area contributed by atoms with Gasteiger partial charge in [0.25, 0.3) is 21.8 Å². The molecule has 1 aliphatic heterocycles. The van der Waals surface area contributed by atoms with Crippen LogP contribution in [0.1, 0.15) is 27.9 Å². The zero-order valence-electron chi connectivity index (χ0n) is 25.7. The largest absolute Gasteiger partial charge is 0.379 e. The van der Waals surface area contributed by atoms with Crippen LogP contribution < -0.4 is 15.4 Å². The highest BCUT2D eigenvalue weighted by atomic mass is 32.2. The van der Waals surface area contributed by atoms with Crippen molar-refractivity contribution in [2.75, 3.05) is 44.1 Å². The van der Waals surface area contributed by atoms with E-state index in [1.165, 1.54) is 12.1 Å². The minimum atomic E-state index is -3.96. The summed E-state index contributed by atoms with van der Waals surface area (Å²) in [6.07, 6.45) is 0.787. The number of amides is 2. The first-order valence-electron chi connectivity index (χ1n) is 15.3. The Morgan fingerprint density at radius 1 is 0.870 bits per heavy atom. The fourth-order valence-electron chi connectivity index (χ4n) is 5.35. The van der Waals surface area contributed by atoms with Gasteiger partial charge in [-0.25, -0.2) is 8.42 Å². The number of hydrogen-bond donors (Lipinski definition) is 3. The minimum Gasteiger partial charge on any atom is -0.379 e. The van der Waals surface area contributed by atoms with E-state index in [4.69, 9.17) is 4.74 Å². The summed E-state index contributed by atoms with van der Waals surface area (Å²) in [6, 6.07) is 24.9. The smallest absolute Gasteiger partial charge is 0.289 e. The summed E-state index contributed by atoms with van der Waals surface area (Å²) < 4.78 is 34.4. The second-order valence-corrected chi connectivity index (χ2v) is 13.0. The predicted octanol–water partition coefficient (Wildman–Crippen LogP) is 3.70. The molecule has 1 fully saturated rings. The Morgan fingerprint density at radius 2 is 1.59 bits per heavy atom. The van der Waals surface area contributed by atoms with E-state index in [2.05, 4.69) is 20.3 Å². The molecule has 5 rings (SSSR count). The number of Topliss-reactive ketones (excluding diaryl/α,β-unsaturated/α-hetero) is 1. The van der Waals surface area contributed by atoms with Gasteiger partial charge >= 0.3 is 0 Å². The Balaban J connectivity index is 1.28. The molecule has 0 bridgehead atoms. The van der Waals surface area contributed by atoms with Crippen molar-refractivity contribution in [1.82, 2.24) is 15.5 Å². The van der Waals surface area contributed by atoms with E-state index in [0.717, 1.165) is 36.0 Å². The van der Waals surface area contributed by atoms with Crippen LogP contribution in [0.5, 0.6) is 0 Å². The number of sulfonamides is 1. The fourth-order valence-corrected chi connectivity index (χ4v) is 6.43. The van der Waals surface area contributed by atoms with Crippen molar-refractivity contribution in [1.29, 1.82) is 0 Å². The van der Waals surface area contributed by atoms with E-state index in [1.54, 1.807) is 31.2 Å². The Bertz CT molecular complexity index is 1810. The highest BCUT2D eigenvalue weighted by Gasteiger charge is 2.28. The van der Waals surface area contributed by atoms with Gasteiger partial charge in [-0.05, 0) is 66.1 Å². The average molecular weight is 643 g/mol. The molecule has 10 nitrogen and oxygen atoms in total. The lowest BCUT2D eigenvalue weighted by Gasteiger charge is -2.26.